The first-order valence-corrected chi connectivity index (χ1v) is 9.26. The van der Waals surface area contributed by atoms with Crippen molar-refractivity contribution in [2.24, 2.45) is 0 Å². The van der Waals surface area contributed by atoms with Crippen molar-refractivity contribution in [3.63, 3.8) is 0 Å². The van der Waals surface area contributed by atoms with Crippen LogP contribution in [0, 0.1) is 6.92 Å². The first-order valence-electron chi connectivity index (χ1n) is 7.29. The van der Waals surface area contributed by atoms with Crippen molar-refractivity contribution >= 4 is 21.6 Å². The molecule has 118 valence electrons. The van der Waals surface area contributed by atoms with Gasteiger partial charge in [-0.25, -0.2) is 8.42 Å². The Hall–Kier alpha value is -0.630. The van der Waals surface area contributed by atoms with Gasteiger partial charge in [0.1, 0.15) is 0 Å². The van der Waals surface area contributed by atoms with Crippen molar-refractivity contribution in [2.75, 3.05) is 13.2 Å². The van der Waals surface area contributed by atoms with Gasteiger partial charge in [0, 0.05) is 17.8 Å². The zero-order valence-electron chi connectivity index (χ0n) is 12.0. The number of nitrogens with zero attached hydrogens (tertiary/aromatic N) is 2. The molecular weight excluding hydrogens is 314 g/mol. The van der Waals surface area contributed by atoms with E-state index >= 15 is 0 Å². The fourth-order valence-electron chi connectivity index (χ4n) is 3.27. The number of alkyl halides is 1. The van der Waals surface area contributed by atoms with Crippen LogP contribution in [0.3, 0.4) is 0 Å². The van der Waals surface area contributed by atoms with Crippen LogP contribution in [-0.4, -0.2) is 48.2 Å². The molecule has 1 aromatic rings. The molecule has 2 fully saturated rings. The summed E-state index contributed by atoms with van der Waals surface area (Å²) in [6.45, 7) is 2.61. The number of aryl methyl sites for hydroxylation is 1. The molecule has 3 rings (SSSR count). The molecule has 1 aromatic heterocycles. The third-order valence-corrected chi connectivity index (χ3v) is 6.57. The molecule has 0 aromatic carbocycles. The number of fused-ring (bicyclic) bond motifs is 1. The van der Waals surface area contributed by atoms with Gasteiger partial charge >= 0.3 is 0 Å². The summed E-state index contributed by atoms with van der Waals surface area (Å²) in [7, 11) is -3.63. The Kier molecular flexibility index (Phi) is 4.27. The standard InChI is InChI=1S/C13H20ClN3O3S/c1-9-10(8-14)13(16-15-9)21(18,19)17-6-7-20-12-5-3-2-4-11(12)17/h11-12H,2-8H2,1H3,(H,15,16). The van der Waals surface area contributed by atoms with Crippen LogP contribution in [-0.2, 0) is 20.6 Å². The molecule has 0 bridgehead atoms. The minimum atomic E-state index is -3.63. The van der Waals surface area contributed by atoms with Gasteiger partial charge in [0.15, 0.2) is 5.03 Å². The van der Waals surface area contributed by atoms with Crippen molar-refractivity contribution in [2.45, 2.75) is 55.7 Å². The highest BCUT2D eigenvalue weighted by Crippen LogP contribution is 2.33. The number of hydrogen-bond acceptors (Lipinski definition) is 4. The van der Waals surface area contributed by atoms with Crippen LogP contribution in [0.25, 0.3) is 0 Å². The highest BCUT2D eigenvalue weighted by Gasteiger charge is 2.42. The van der Waals surface area contributed by atoms with Crippen molar-refractivity contribution in [1.82, 2.24) is 14.5 Å². The summed E-state index contributed by atoms with van der Waals surface area (Å²) in [6, 6.07) is -0.0716. The summed E-state index contributed by atoms with van der Waals surface area (Å²) in [5.74, 6) is 0.134. The van der Waals surface area contributed by atoms with Crippen LogP contribution in [0.1, 0.15) is 36.9 Å². The normalized spacial score (nSPS) is 27.5. The van der Waals surface area contributed by atoms with Crippen LogP contribution in [0.5, 0.6) is 0 Å². The lowest BCUT2D eigenvalue weighted by Crippen LogP contribution is -2.54. The van der Waals surface area contributed by atoms with Gasteiger partial charge in [0.2, 0.25) is 0 Å². The summed E-state index contributed by atoms with van der Waals surface area (Å²) in [5.41, 5.74) is 1.27. The van der Waals surface area contributed by atoms with Crippen LogP contribution in [0.15, 0.2) is 5.03 Å². The molecule has 1 aliphatic carbocycles. The number of nitrogens with one attached hydrogen (secondary N) is 1. The lowest BCUT2D eigenvalue weighted by atomic mass is 9.91. The predicted molar refractivity (Wildman–Crippen MR) is 78.8 cm³/mol. The van der Waals surface area contributed by atoms with E-state index < -0.39 is 10.0 Å². The van der Waals surface area contributed by atoms with E-state index in [-0.39, 0.29) is 23.1 Å². The topological polar surface area (TPSA) is 75.3 Å². The average Bonchev–Trinajstić information content (AvgIpc) is 2.88. The average molecular weight is 334 g/mol. The Morgan fingerprint density at radius 1 is 1.43 bits per heavy atom. The lowest BCUT2D eigenvalue weighted by molar-refractivity contribution is -0.0586. The highest BCUT2D eigenvalue weighted by molar-refractivity contribution is 7.89. The Labute approximate surface area is 129 Å². The maximum Gasteiger partial charge on any atom is 0.263 e. The summed E-state index contributed by atoms with van der Waals surface area (Å²) in [4.78, 5) is 0. The fraction of sp³-hybridized carbons (Fsp3) is 0.769. The van der Waals surface area contributed by atoms with Crippen LogP contribution in [0.2, 0.25) is 0 Å². The summed E-state index contributed by atoms with van der Waals surface area (Å²) in [6.07, 6.45) is 3.94. The number of aromatic amines is 1. The second-order valence-electron chi connectivity index (χ2n) is 5.64. The van der Waals surface area contributed by atoms with Gasteiger partial charge in [-0.2, -0.15) is 9.40 Å². The molecule has 0 amide bonds. The number of H-pyrrole nitrogens is 1. The van der Waals surface area contributed by atoms with Crippen molar-refractivity contribution in [1.29, 1.82) is 0 Å². The maximum atomic E-state index is 13.0. The molecule has 2 atom stereocenters. The Morgan fingerprint density at radius 3 is 2.95 bits per heavy atom. The van der Waals surface area contributed by atoms with E-state index in [0.717, 1.165) is 25.7 Å². The van der Waals surface area contributed by atoms with Crippen LogP contribution in [0.4, 0.5) is 0 Å². The van der Waals surface area contributed by atoms with Gasteiger partial charge in [-0.3, -0.25) is 5.10 Å². The fourth-order valence-corrected chi connectivity index (χ4v) is 5.51. The van der Waals surface area contributed by atoms with E-state index in [9.17, 15) is 8.42 Å². The van der Waals surface area contributed by atoms with E-state index in [4.69, 9.17) is 16.3 Å². The lowest BCUT2D eigenvalue weighted by Gasteiger charge is -2.42. The molecule has 0 spiro atoms. The predicted octanol–water partition coefficient (Wildman–Crippen LogP) is 1.79. The van der Waals surface area contributed by atoms with Gasteiger partial charge in [0.25, 0.3) is 10.0 Å². The number of rotatable bonds is 3. The van der Waals surface area contributed by atoms with Gasteiger partial charge in [-0.05, 0) is 19.8 Å². The quantitative estimate of drug-likeness (QED) is 0.856. The molecule has 6 nitrogen and oxygen atoms in total. The molecule has 1 aliphatic heterocycles. The Balaban J connectivity index is 1.96. The van der Waals surface area contributed by atoms with E-state index in [1.54, 1.807) is 11.2 Å². The number of sulfonamides is 1. The smallest absolute Gasteiger partial charge is 0.263 e. The van der Waals surface area contributed by atoms with Crippen LogP contribution >= 0.6 is 11.6 Å². The van der Waals surface area contributed by atoms with Gasteiger partial charge in [-0.1, -0.05) is 12.8 Å². The third-order valence-electron chi connectivity index (χ3n) is 4.40. The van der Waals surface area contributed by atoms with E-state index in [1.807, 2.05) is 0 Å². The molecule has 1 saturated heterocycles. The zero-order valence-corrected chi connectivity index (χ0v) is 13.6. The minimum absolute atomic E-state index is 0.0155. The summed E-state index contributed by atoms with van der Waals surface area (Å²) < 4.78 is 33.2. The number of hydrogen-bond donors (Lipinski definition) is 1. The van der Waals surface area contributed by atoms with Gasteiger partial charge in [0.05, 0.1) is 24.6 Å². The minimum Gasteiger partial charge on any atom is -0.375 e. The maximum absolute atomic E-state index is 13.0. The highest BCUT2D eigenvalue weighted by atomic mass is 35.5. The van der Waals surface area contributed by atoms with Crippen LogP contribution < -0.4 is 0 Å². The molecule has 0 radical (unpaired) electrons. The molecule has 2 unspecified atom stereocenters. The zero-order chi connectivity index (χ0) is 15.0. The second-order valence-corrected chi connectivity index (χ2v) is 7.72. The molecule has 21 heavy (non-hydrogen) atoms. The van der Waals surface area contributed by atoms with Crippen molar-refractivity contribution < 1.29 is 13.2 Å². The van der Waals surface area contributed by atoms with Gasteiger partial charge in [-0.15, -0.1) is 11.6 Å². The molecule has 1 saturated carbocycles. The molecule has 2 aliphatic rings. The molecular formula is C13H20ClN3O3S. The SMILES string of the molecule is Cc1[nH]nc(S(=O)(=O)N2CCOC3CCCCC32)c1CCl. The Morgan fingerprint density at radius 2 is 2.19 bits per heavy atom. The Bertz CT molecular complexity index is 614. The van der Waals surface area contributed by atoms with Gasteiger partial charge < -0.3 is 4.74 Å². The first-order chi connectivity index (χ1) is 10.1. The first kappa shape index (κ1) is 15.3. The van der Waals surface area contributed by atoms with E-state index in [2.05, 4.69) is 10.2 Å². The van der Waals surface area contributed by atoms with E-state index in [1.165, 1.54) is 0 Å². The van der Waals surface area contributed by atoms with Crippen molar-refractivity contribution in [3.05, 3.63) is 11.3 Å². The third kappa shape index (κ3) is 2.60. The number of aromatic nitrogens is 2. The molecule has 2 heterocycles. The molecule has 8 heteroatoms. The summed E-state index contributed by atoms with van der Waals surface area (Å²) in [5, 5.41) is 6.80. The second kappa shape index (κ2) is 5.87. The number of ether oxygens (including phenoxy) is 1. The van der Waals surface area contributed by atoms with E-state index in [0.29, 0.717) is 24.4 Å². The number of morpholine rings is 1. The molecule has 1 N–H and O–H groups in total. The number of halogens is 1. The van der Waals surface area contributed by atoms with Crippen molar-refractivity contribution in [3.8, 4) is 0 Å². The monoisotopic (exact) mass is 333 g/mol. The summed E-state index contributed by atoms with van der Waals surface area (Å²) >= 11 is 5.89. The largest absolute Gasteiger partial charge is 0.375 e.